The van der Waals surface area contributed by atoms with Gasteiger partial charge in [-0.25, -0.2) is 8.42 Å². The van der Waals surface area contributed by atoms with Gasteiger partial charge in [-0.2, -0.15) is 0 Å². The van der Waals surface area contributed by atoms with Gasteiger partial charge in [0.05, 0.1) is 11.5 Å². The lowest BCUT2D eigenvalue weighted by Crippen LogP contribution is -2.16. The molecule has 1 aromatic carbocycles. The molecule has 0 aliphatic heterocycles. The molecule has 4 nitrogen and oxygen atoms in total. The second kappa shape index (κ2) is 6.70. The molecule has 0 atom stereocenters. The predicted octanol–water partition coefficient (Wildman–Crippen LogP) is 1.68. The zero-order valence-electron chi connectivity index (χ0n) is 11.4. The van der Waals surface area contributed by atoms with Crippen LogP contribution in [0.2, 0.25) is 0 Å². The molecule has 0 heterocycles. The molecule has 0 bridgehead atoms. The first kappa shape index (κ1) is 15.7. The number of nitrogens with two attached hydrogens (primary N) is 1. The Hall–Kier alpha value is -1.36. The average Bonchev–Trinajstić information content (AvgIpc) is 2.25. The van der Waals surface area contributed by atoms with Crippen molar-refractivity contribution in [3.63, 3.8) is 0 Å². The summed E-state index contributed by atoms with van der Waals surface area (Å²) in [6.07, 6.45) is 0.726. The molecule has 106 valence electrons. The molecule has 1 rings (SSSR count). The Bertz CT molecular complexity index is 535. The molecule has 2 N–H and O–H groups in total. The maximum Gasteiger partial charge on any atom is 0.217 e. The number of primary amides is 1. The third kappa shape index (κ3) is 5.87. The van der Waals surface area contributed by atoms with Crippen LogP contribution in [0.15, 0.2) is 24.3 Å². The van der Waals surface area contributed by atoms with E-state index in [1.807, 2.05) is 32.0 Å². The Balaban J connectivity index is 2.86. The minimum atomic E-state index is -3.11. The van der Waals surface area contributed by atoms with Crippen molar-refractivity contribution < 1.29 is 13.2 Å². The highest BCUT2D eigenvalue weighted by atomic mass is 32.2. The number of hydrogen-bond donors (Lipinski definition) is 1. The predicted molar refractivity (Wildman–Crippen MR) is 76.3 cm³/mol. The minimum absolute atomic E-state index is 0.0279. The zero-order chi connectivity index (χ0) is 14.5. The fourth-order valence-corrected chi connectivity index (χ4v) is 3.89. The lowest BCUT2D eigenvalue weighted by atomic mass is 10.0. The van der Waals surface area contributed by atoms with Crippen LogP contribution in [-0.2, 0) is 26.8 Å². The lowest BCUT2D eigenvalue weighted by Gasteiger charge is -2.11. The van der Waals surface area contributed by atoms with Crippen molar-refractivity contribution in [1.29, 1.82) is 0 Å². The van der Waals surface area contributed by atoms with Gasteiger partial charge in [0.25, 0.3) is 0 Å². The molecule has 0 saturated heterocycles. The van der Waals surface area contributed by atoms with Gasteiger partial charge in [-0.05, 0) is 23.5 Å². The highest BCUT2D eigenvalue weighted by Crippen LogP contribution is 2.16. The van der Waals surface area contributed by atoms with E-state index in [2.05, 4.69) is 0 Å². The molecule has 0 aromatic heterocycles. The standard InChI is InChI=1S/C14H21NO3S/c1-11(2)9-19(17,18)10-13-6-4-3-5-12(13)7-8-14(15)16/h3-6,11H,7-10H2,1-2H3,(H2,15,16). The molecule has 1 amide bonds. The van der Waals surface area contributed by atoms with Crippen LogP contribution < -0.4 is 5.73 Å². The highest BCUT2D eigenvalue weighted by Gasteiger charge is 2.16. The molecule has 0 aliphatic carbocycles. The Morgan fingerprint density at radius 2 is 1.79 bits per heavy atom. The van der Waals surface area contributed by atoms with Crippen molar-refractivity contribution in [3.8, 4) is 0 Å². The van der Waals surface area contributed by atoms with E-state index >= 15 is 0 Å². The Kier molecular flexibility index (Phi) is 5.54. The van der Waals surface area contributed by atoms with Crippen LogP contribution >= 0.6 is 0 Å². The molecule has 1 aromatic rings. The second-order valence-corrected chi connectivity index (χ2v) is 7.29. The first-order valence-corrected chi connectivity index (χ1v) is 8.18. The van der Waals surface area contributed by atoms with E-state index in [-0.39, 0.29) is 29.8 Å². The maximum absolute atomic E-state index is 12.0. The Morgan fingerprint density at radius 1 is 1.21 bits per heavy atom. The minimum Gasteiger partial charge on any atom is -0.370 e. The summed E-state index contributed by atoms with van der Waals surface area (Å²) in [5.74, 6) is -0.0558. The third-order valence-corrected chi connectivity index (χ3v) is 4.65. The van der Waals surface area contributed by atoms with Crippen molar-refractivity contribution in [2.24, 2.45) is 11.7 Å². The molecule has 0 radical (unpaired) electrons. The normalized spacial score (nSPS) is 11.7. The van der Waals surface area contributed by atoms with Crippen molar-refractivity contribution in [2.45, 2.75) is 32.4 Å². The molecule has 19 heavy (non-hydrogen) atoms. The quantitative estimate of drug-likeness (QED) is 0.827. The van der Waals surface area contributed by atoms with Gasteiger partial charge in [0, 0.05) is 6.42 Å². The molecule has 0 aliphatic rings. The SMILES string of the molecule is CC(C)CS(=O)(=O)Cc1ccccc1CCC(N)=O. The van der Waals surface area contributed by atoms with Gasteiger partial charge >= 0.3 is 0 Å². The molecular formula is C14H21NO3S. The number of amides is 1. The number of benzene rings is 1. The van der Waals surface area contributed by atoms with Crippen LogP contribution in [0.1, 0.15) is 31.4 Å². The summed E-state index contributed by atoms with van der Waals surface area (Å²) in [4.78, 5) is 10.8. The Morgan fingerprint density at radius 3 is 2.32 bits per heavy atom. The number of aryl methyl sites for hydroxylation is 1. The fourth-order valence-electron chi connectivity index (χ4n) is 2.00. The largest absolute Gasteiger partial charge is 0.370 e. The fraction of sp³-hybridized carbons (Fsp3) is 0.500. The van der Waals surface area contributed by atoms with E-state index in [1.54, 1.807) is 6.07 Å². The summed E-state index contributed by atoms with van der Waals surface area (Å²) in [5.41, 5.74) is 6.78. The van der Waals surface area contributed by atoms with Crippen LogP contribution in [0, 0.1) is 5.92 Å². The monoisotopic (exact) mass is 283 g/mol. The van der Waals surface area contributed by atoms with Gasteiger partial charge in [-0.15, -0.1) is 0 Å². The summed E-state index contributed by atoms with van der Waals surface area (Å²) < 4.78 is 24.0. The second-order valence-electron chi connectivity index (χ2n) is 5.18. The number of rotatable bonds is 7. The first-order chi connectivity index (χ1) is 8.80. The van der Waals surface area contributed by atoms with Crippen LogP contribution in [0.25, 0.3) is 0 Å². The Labute approximate surface area is 114 Å². The molecule has 0 spiro atoms. The number of carbonyl (C=O) groups excluding carboxylic acids is 1. The van der Waals surface area contributed by atoms with E-state index in [1.165, 1.54) is 0 Å². The van der Waals surface area contributed by atoms with Crippen molar-refractivity contribution in [1.82, 2.24) is 0 Å². The topological polar surface area (TPSA) is 77.2 Å². The molecule has 0 fully saturated rings. The summed E-state index contributed by atoms with van der Waals surface area (Å²) in [5, 5.41) is 0. The van der Waals surface area contributed by atoms with E-state index in [9.17, 15) is 13.2 Å². The van der Waals surface area contributed by atoms with Gasteiger partial charge in [0.15, 0.2) is 9.84 Å². The van der Waals surface area contributed by atoms with Crippen LogP contribution in [0.5, 0.6) is 0 Å². The summed E-state index contributed by atoms with van der Waals surface area (Å²) in [6.45, 7) is 3.77. The van der Waals surface area contributed by atoms with Crippen LogP contribution in [0.3, 0.4) is 0 Å². The number of sulfone groups is 1. The number of hydrogen-bond acceptors (Lipinski definition) is 3. The van der Waals surface area contributed by atoms with Gasteiger partial charge in [0.1, 0.15) is 0 Å². The molecule has 0 unspecified atom stereocenters. The van der Waals surface area contributed by atoms with Crippen molar-refractivity contribution in [3.05, 3.63) is 35.4 Å². The first-order valence-electron chi connectivity index (χ1n) is 6.35. The van der Waals surface area contributed by atoms with Gasteiger partial charge < -0.3 is 5.73 Å². The van der Waals surface area contributed by atoms with Crippen molar-refractivity contribution >= 4 is 15.7 Å². The smallest absolute Gasteiger partial charge is 0.217 e. The molecular weight excluding hydrogens is 262 g/mol. The molecule has 0 saturated carbocycles. The maximum atomic E-state index is 12.0. The highest BCUT2D eigenvalue weighted by molar-refractivity contribution is 7.90. The van der Waals surface area contributed by atoms with E-state index in [0.717, 1.165) is 11.1 Å². The third-order valence-electron chi connectivity index (χ3n) is 2.72. The van der Waals surface area contributed by atoms with Crippen molar-refractivity contribution in [2.75, 3.05) is 5.75 Å². The zero-order valence-corrected chi connectivity index (χ0v) is 12.2. The van der Waals surface area contributed by atoms with Gasteiger partial charge in [-0.1, -0.05) is 38.1 Å². The summed E-state index contributed by atoms with van der Waals surface area (Å²) in [6, 6.07) is 7.31. The van der Waals surface area contributed by atoms with E-state index in [0.29, 0.717) is 6.42 Å². The van der Waals surface area contributed by atoms with Crippen LogP contribution in [0.4, 0.5) is 0 Å². The molecule has 5 heteroatoms. The lowest BCUT2D eigenvalue weighted by molar-refractivity contribution is -0.117. The van der Waals surface area contributed by atoms with Gasteiger partial charge in [-0.3, -0.25) is 4.79 Å². The summed E-state index contributed by atoms with van der Waals surface area (Å²) in [7, 11) is -3.11. The van der Waals surface area contributed by atoms with Gasteiger partial charge in [0.2, 0.25) is 5.91 Å². The summed E-state index contributed by atoms with van der Waals surface area (Å²) >= 11 is 0. The average molecular weight is 283 g/mol. The number of carbonyl (C=O) groups is 1. The van der Waals surface area contributed by atoms with E-state index < -0.39 is 9.84 Å². The van der Waals surface area contributed by atoms with E-state index in [4.69, 9.17) is 5.73 Å². The van der Waals surface area contributed by atoms with Crippen LogP contribution in [-0.4, -0.2) is 20.1 Å².